The van der Waals surface area contributed by atoms with Crippen LogP contribution in [0.4, 0.5) is 0 Å². The van der Waals surface area contributed by atoms with Gasteiger partial charge in [0.25, 0.3) is 0 Å². The first-order chi connectivity index (χ1) is 9.00. The summed E-state index contributed by atoms with van der Waals surface area (Å²) in [5, 5.41) is 10.9. The van der Waals surface area contributed by atoms with Crippen molar-refractivity contribution in [2.75, 3.05) is 6.61 Å². The van der Waals surface area contributed by atoms with Gasteiger partial charge >= 0.3 is 0 Å². The van der Waals surface area contributed by atoms with Gasteiger partial charge < -0.3 is 14.4 Å². The van der Waals surface area contributed by atoms with E-state index in [0.29, 0.717) is 25.9 Å². The molecule has 1 aromatic rings. The van der Waals surface area contributed by atoms with Crippen LogP contribution in [-0.2, 0) is 17.7 Å². The highest BCUT2D eigenvalue weighted by molar-refractivity contribution is 5.02. The number of aliphatic hydroxyl groups is 1. The molecule has 2 atom stereocenters. The van der Waals surface area contributed by atoms with E-state index in [0.717, 1.165) is 25.2 Å². The molecule has 0 spiro atoms. The lowest BCUT2D eigenvalue weighted by Gasteiger charge is -2.43. The van der Waals surface area contributed by atoms with E-state index in [1.807, 2.05) is 12.4 Å². The summed E-state index contributed by atoms with van der Waals surface area (Å²) in [5.74, 6) is 0.990. The summed E-state index contributed by atoms with van der Waals surface area (Å²) < 4.78 is 7.97. The molecule has 1 N–H and O–H groups in total. The van der Waals surface area contributed by atoms with Gasteiger partial charge in [-0.05, 0) is 19.8 Å². The van der Waals surface area contributed by atoms with Crippen LogP contribution in [0.2, 0.25) is 0 Å². The van der Waals surface area contributed by atoms with Crippen molar-refractivity contribution in [3.63, 3.8) is 0 Å². The van der Waals surface area contributed by atoms with Gasteiger partial charge in [0.1, 0.15) is 5.82 Å². The van der Waals surface area contributed by atoms with Gasteiger partial charge in [0, 0.05) is 38.2 Å². The Morgan fingerprint density at radius 1 is 1.47 bits per heavy atom. The molecule has 2 rings (SSSR count). The first kappa shape index (κ1) is 14.5. The molecule has 2 unspecified atom stereocenters. The minimum atomic E-state index is -0.681. The second-order valence-corrected chi connectivity index (χ2v) is 6.02. The molecule has 0 radical (unpaired) electrons. The van der Waals surface area contributed by atoms with E-state index in [2.05, 4.69) is 30.3 Å². The van der Waals surface area contributed by atoms with Crippen molar-refractivity contribution in [1.29, 1.82) is 0 Å². The zero-order valence-corrected chi connectivity index (χ0v) is 12.4. The molecule has 108 valence electrons. The molecule has 0 amide bonds. The maximum Gasteiger partial charge on any atom is 0.111 e. The zero-order chi connectivity index (χ0) is 13.9. The maximum absolute atomic E-state index is 10.9. The Kier molecular flexibility index (Phi) is 4.31. The third kappa shape index (κ3) is 3.37. The van der Waals surface area contributed by atoms with Crippen LogP contribution in [0.3, 0.4) is 0 Å². The van der Waals surface area contributed by atoms with Gasteiger partial charge in [0.2, 0.25) is 0 Å². The lowest BCUT2D eigenvalue weighted by molar-refractivity contribution is -0.153. The molecule has 1 saturated heterocycles. The number of ether oxygens (including phenoxy) is 1. The quantitative estimate of drug-likeness (QED) is 0.891. The molecule has 19 heavy (non-hydrogen) atoms. The smallest absolute Gasteiger partial charge is 0.111 e. The highest BCUT2D eigenvalue weighted by atomic mass is 16.5. The molecular formula is C15H26N2O2. The van der Waals surface area contributed by atoms with Crippen molar-refractivity contribution < 1.29 is 9.84 Å². The van der Waals surface area contributed by atoms with Crippen LogP contribution in [0, 0.1) is 0 Å². The Morgan fingerprint density at radius 2 is 2.26 bits per heavy atom. The molecule has 1 aromatic heterocycles. The van der Waals surface area contributed by atoms with Crippen LogP contribution >= 0.6 is 0 Å². The van der Waals surface area contributed by atoms with Crippen LogP contribution in [0.25, 0.3) is 0 Å². The van der Waals surface area contributed by atoms with Gasteiger partial charge in [-0.15, -0.1) is 0 Å². The van der Waals surface area contributed by atoms with E-state index in [1.54, 1.807) is 0 Å². The van der Waals surface area contributed by atoms with Gasteiger partial charge in [-0.3, -0.25) is 0 Å². The normalized spacial score (nSPS) is 31.6. The molecule has 1 fully saturated rings. The number of nitrogens with zero attached hydrogens (tertiary/aromatic N) is 2. The van der Waals surface area contributed by atoms with Crippen molar-refractivity contribution in [3.8, 4) is 0 Å². The van der Waals surface area contributed by atoms with Gasteiger partial charge in [0.05, 0.1) is 17.8 Å². The lowest BCUT2D eigenvalue weighted by Crippen LogP contribution is -2.48. The highest BCUT2D eigenvalue weighted by Crippen LogP contribution is 2.36. The second-order valence-electron chi connectivity index (χ2n) is 6.02. The fourth-order valence-electron chi connectivity index (χ4n) is 2.95. The van der Waals surface area contributed by atoms with E-state index >= 15 is 0 Å². The molecule has 0 saturated carbocycles. The average Bonchev–Trinajstić information content (AvgIpc) is 2.76. The van der Waals surface area contributed by atoms with Crippen LogP contribution in [-0.4, -0.2) is 32.5 Å². The average molecular weight is 266 g/mol. The molecular weight excluding hydrogens is 240 g/mol. The Hall–Kier alpha value is -0.870. The molecule has 0 bridgehead atoms. The Morgan fingerprint density at radius 3 is 2.95 bits per heavy atom. The van der Waals surface area contributed by atoms with Gasteiger partial charge in [-0.1, -0.05) is 13.8 Å². The lowest BCUT2D eigenvalue weighted by atomic mass is 9.80. The monoisotopic (exact) mass is 266 g/mol. The van der Waals surface area contributed by atoms with Crippen molar-refractivity contribution in [1.82, 2.24) is 9.55 Å². The van der Waals surface area contributed by atoms with Crippen LogP contribution < -0.4 is 0 Å². The number of imidazole rings is 1. The predicted molar refractivity (Wildman–Crippen MR) is 75.1 cm³/mol. The topological polar surface area (TPSA) is 47.3 Å². The largest absolute Gasteiger partial charge is 0.389 e. The van der Waals surface area contributed by atoms with E-state index in [1.165, 1.54) is 0 Å². The summed E-state index contributed by atoms with van der Waals surface area (Å²) in [6, 6.07) is 0. The van der Waals surface area contributed by atoms with Crippen LogP contribution in [0.1, 0.15) is 52.3 Å². The number of hydrogen-bond donors (Lipinski definition) is 1. The van der Waals surface area contributed by atoms with Gasteiger partial charge in [-0.25, -0.2) is 4.98 Å². The Balaban J connectivity index is 2.10. The fourth-order valence-corrected chi connectivity index (χ4v) is 2.95. The van der Waals surface area contributed by atoms with Gasteiger partial charge in [-0.2, -0.15) is 0 Å². The summed E-state index contributed by atoms with van der Waals surface area (Å²) in [4.78, 5) is 4.41. The van der Waals surface area contributed by atoms with Gasteiger partial charge in [0.15, 0.2) is 0 Å². The SMILES string of the molecule is CCCn1ccnc1CC1(O)CCOC(C)(CC)C1. The Labute approximate surface area is 115 Å². The van der Waals surface area contributed by atoms with Crippen molar-refractivity contribution >= 4 is 0 Å². The first-order valence-corrected chi connectivity index (χ1v) is 7.37. The zero-order valence-electron chi connectivity index (χ0n) is 12.4. The molecule has 0 aromatic carbocycles. The summed E-state index contributed by atoms with van der Waals surface area (Å²) in [5.41, 5.74) is -0.880. The summed E-state index contributed by atoms with van der Waals surface area (Å²) in [7, 11) is 0. The van der Waals surface area contributed by atoms with E-state index in [4.69, 9.17) is 4.74 Å². The van der Waals surface area contributed by atoms with Crippen LogP contribution in [0.15, 0.2) is 12.4 Å². The van der Waals surface area contributed by atoms with Crippen LogP contribution in [0.5, 0.6) is 0 Å². The van der Waals surface area contributed by atoms with E-state index < -0.39 is 5.60 Å². The molecule has 4 heteroatoms. The minimum absolute atomic E-state index is 0.199. The fraction of sp³-hybridized carbons (Fsp3) is 0.800. The second kappa shape index (κ2) is 5.63. The molecule has 1 aliphatic rings. The molecule has 2 heterocycles. The first-order valence-electron chi connectivity index (χ1n) is 7.37. The number of rotatable bonds is 5. The highest BCUT2D eigenvalue weighted by Gasteiger charge is 2.41. The van der Waals surface area contributed by atoms with E-state index in [9.17, 15) is 5.11 Å². The Bertz CT molecular complexity index is 418. The number of aryl methyl sites for hydroxylation is 1. The van der Waals surface area contributed by atoms with E-state index in [-0.39, 0.29) is 5.60 Å². The standard InChI is InChI=1S/C15H26N2O2/c1-4-8-17-9-7-16-13(17)11-15(18)6-10-19-14(3,5-2)12-15/h7,9,18H,4-6,8,10-12H2,1-3H3. The minimum Gasteiger partial charge on any atom is -0.389 e. The maximum atomic E-state index is 10.9. The van der Waals surface area contributed by atoms with Crippen molar-refractivity contribution in [2.24, 2.45) is 0 Å². The number of hydrogen-bond acceptors (Lipinski definition) is 3. The summed E-state index contributed by atoms with van der Waals surface area (Å²) in [6.07, 6.45) is 7.85. The van der Waals surface area contributed by atoms with Crippen molar-refractivity contribution in [2.45, 2.75) is 70.6 Å². The molecule has 4 nitrogen and oxygen atoms in total. The summed E-state index contributed by atoms with van der Waals surface area (Å²) in [6.45, 7) is 7.96. The third-order valence-corrected chi connectivity index (χ3v) is 4.22. The third-order valence-electron chi connectivity index (χ3n) is 4.22. The summed E-state index contributed by atoms with van der Waals surface area (Å²) >= 11 is 0. The molecule has 1 aliphatic heterocycles. The predicted octanol–water partition coefficient (Wildman–Crippen LogP) is 2.55. The van der Waals surface area contributed by atoms with Crippen molar-refractivity contribution in [3.05, 3.63) is 18.2 Å². The number of aromatic nitrogens is 2. The molecule has 0 aliphatic carbocycles.